The topological polar surface area (TPSA) is 6.48 Å². The van der Waals surface area contributed by atoms with Crippen LogP contribution in [0.3, 0.4) is 0 Å². The van der Waals surface area contributed by atoms with Crippen LogP contribution in [0.25, 0.3) is 11.1 Å². The van der Waals surface area contributed by atoms with Gasteiger partial charge in [-0.2, -0.15) is 0 Å². The van der Waals surface area contributed by atoms with Crippen molar-refractivity contribution in [1.82, 2.24) is 0 Å². The summed E-state index contributed by atoms with van der Waals surface area (Å²) in [5, 5.41) is 0. The summed E-state index contributed by atoms with van der Waals surface area (Å²) in [5.74, 6) is 0. The molecular formula is C25H26N2. The van der Waals surface area contributed by atoms with Crippen LogP contribution in [0.2, 0.25) is 0 Å². The molecule has 0 fully saturated rings. The van der Waals surface area contributed by atoms with Crippen molar-refractivity contribution in [3.8, 4) is 11.1 Å². The Morgan fingerprint density at radius 3 is 1.93 bits per heavy atom. The molecule has 2 aliphatic rings. The van der Waals surface area contributed by atoms with E-state index < -0.39 is 0 Å². The Morgan fingerprint density at radius 1 is 0.704 bits per heavy atom. The highest BCUT2D eigenvalue weighted by atomic mass is 15.1. The van der Waals surface area contributed by atoms with Crippen LogP contribution in [0, 0.1) is 0 Å². The van der Waals surface area contributed by atoms with Gasteiger partial charge in [0.2, 0.25) is 0 Å². The summed E-state index contributed by atoms with van der Waals surface area (Å²) in [5.41, 5.74) is 9.79. The monoisotopic (exact) mass is 354 g/mol. The fraction of sp³-hybridized carbons (Fsp3) is 0.280. The van der Waals surface area contributed by atoms with Crippen LogP contribution < -0.4 is 9.80 Å². The average Bonchev–Trinajstić information content (AvgIpc) is 2.74. The van der Waals surface area contributed by atoms with Crippen LogP contribution in [0.1, 0.15) is 24.0 Å². The molecule has 3 aromatic rings. The fourth-order valence-electron chi connectivity index (χ4n) is 4.65. The molecule has 2 heteroatoms. The molecule has 0 N–H and O–H groups in total. The molecule has 0 saturated carbocycles. The number of para-hydroxylation sites is 1. The van der Waals surface area contributed by atoms with E-state index in [4.69, 9.17) is 0 Å². The molecule has 0 radical (unpaired) electrons. The van der Waals surface area contributed by atoms with Gasteiger partial charge in [-0.05, 0) is 84.3 Å². The average molecular weight is 354 g/mol. The van der Waals surface area contributed by atoms with Gasteiger partial charge >= 0.3 is 0 Å². The van der Waals surface area contributed by atoms with Gasteiger partial charge in [-0.15, -0.1) is 0 Å². The summed E-state index contributed by atoms with van der Waals surface area (Å²) in [6.45, 7) is 2.47. The highest BCUT2D eigenvalue weighted by Crippen LogP contribution is 2.38. The Balaban J connectivity index is 1.47. The van der Waals surface area contributed by atoms with Crippen molar-refractivity contribution >= 4 is 17.1 Å². The third-order valence-corrected chi connectivity index (χ3v) is 6.06. The Hall–Kier alpha value is -2.74. The van der Waals surface area contributed by atoms with Crippen LogP contribution in [0.15, 0.2) is 66.7 Å². The molecule has 2 nitrogen and oxygen atoms in total. The van der Waals surface area contributed by atoms with Crippen LogP contribution in [-0.2, 0) is 12.8 Å². The molecule has 27 heavy (non-hydrogen) atoms. The molecule has 5 rings (SSSR count). The molecule has 0 atom stereocenters. The second-order valence-corrected chi connectivity index (χ2v) is 7.78. The third-order valence-electron chi connectivity index (χ3n) is 6.06. The minimum absolute atomic E-state index is 1.21. The van der Waals surface area contributed by atoms with Gasteiger partial charge < -0.3 is 9.80 Å². The lowest BCUT2D eigenvalue weighted by Gasteiger charge is -2.37. The summed E-state index contributed by atoms with van der Waals surface area (Å²) in [7, 11) is 2.13. The quantitative estimate of drug-likeness (QED) is 0.585. The molecule has 136 valence electrons. The molecule has 2 aliphatic heterocycles. The van der Waals surface area contributed by atoms with Crippen LogP contribution in [0.4, 0.5) is 17.1 Å². The van der Waals surface area contributed by atoms with E-state index in [1.54, 1.807) is 16.8 Å². The van der Waals surface area contributed by atoms with Gasteiger partial charge in [-0.3, -0.25) is 0 Å². The SMILES string of the molecule is CN(c1ccccc1)c1ccc(-c2cc3c4c(c2)CCCN4CCC3)cc1. The summed E-state index contributed by atoms with van der Waals surface area (Å²) >= 11 is 0. The number of aryl methyl sites for hydroxylation is 2. The first kappa shape index (κ1) is 16.4. The number of anilines is 3. The Kier molecular flexibility index (Phi) is 4.12. The number of benzene rings is 3. The largest absolute Gasteiger partial charge is 0.371 e. The van der Waals surface area contributed by atoms with E-state index in [-0.39, 0.29) is 0 Å². The predicted octanol–water partition coefficient (Wildman–Crippen LogP) is 5.82. The van der Waals surface area contributed by atoms with E-state index >= 15 is 0 Å². The van der Waals surface area contributed by atoms with E-state index in [0.29, 0.717) is 0 Å². The van der Waals surface area contributed by atoms with Crippen molar-refractivity contribution in [3.05, 3.63) is 77.9 Å². The lowest BCUT2D eigenvalue weighted by Crippen LogP contribution is -2.34. The maximum Gasteiger partial charge on any atom is 0.0431 e. The number of rotatable bonds is 3. The lowest BCUT2D eigenvalue weighted by molar-refractivity contribution is 0.634. The molecule has 0 aromatic heterocycles. The highest BCUT2D eigenvalue weighted by molar-refractivity contribution is 5.75. The molecule has 0 aliphatic carbocycles. The van der Waals surface area contributed by atoms with Gasteiger partial charge in [0, 0.05) is 37.2 Å². The second kappa shape index (κ2) is 6.77. The molecule has 0 saturated heterocycles. The van der Waals surface area contributed by atoms with Gasteiger partial charge in [-0.1, -0.05) is 30.3 Å². The summed E-state index contributed by atoms with van der Waals surface area (Å²) in [6, 6.07) is 24.4. The maximum absolute atomic E-state index is 2.61. The third kappa shape index (κ3) is 2.99. The number of hydrogen-bond acceptors (Lipinski definition) is 2. The fourth-order valence-corrected chi connectivity index (χ4v) is 4.65. The first-order valence-corrected chi connectivity index (χ1v) is 10.1. The van der Waals surface area contributed by atoms with Crippen molar-refractivity contribution in [3.63, 3.8) is 0 Å². The van der Waals surface area contributed by atoms with Gasteiger partial charge in [0.25, 0.3) is 0 Å². The van der Waals surface area contributed by atoms with Crippen molar-refractivity contribution in [2.45, 2.75) is 25.7 Å². The van der Waals surface area contributed by atoms with Crippen molar-refractivity contribution in [1.29, 1.82) is 0 Å². The summed E-state index contributed by atoms with van der Waals surface area (Å²) < 4.78 is 0. The molecule has 0 amide bonds. The van der Waals surface area contributed by atoms with Crippen LogP contribution >= 0.6 is 0 Å². The van der Waals surface area contributed by atoms with E-state index in [9.17, 15) is 0 Å². The Morgan fingerprint density at radius 2 is 1.30 bits per heavy atom. The van der Waals surface area contributed by atoms with E-state index in [2.05, 4.69) is 83.6 Å². The summed E-state index contributed by atoms with van der Waals surface area (Å²) in [4.78, 5) is 4.84. The van der Waals surface area contributed by atoms with Crippen molar-refractivity contribution < 1.29 is 0 Å². The Bertz CT molecular complexity index is 913. The van der Waals surface area contributed by atoms with Gasteiger partial charge in [0.15, 0.2) is 0 Å². The molecule has 0 spiro atoms. The smallest absolute Gasteiger partial charge is 0.0431 e. The van der Waals surface area contributed by atoms with E-state index in [0.717, 1.165) is 0 Å². The second-order valence-electron chi connectivity index (χ2n) is 7.78. The minimum Gasteiger partial charge on any atom is -0.371 e. The first-order valence-electron chi connectivity index (χ1n) is 10.1. The minimum atomic E-state index is 1.21. The standard InChI is InChI=1S/C25H26N2/c1-26(23-9-3-2-4-10-23)24-13-11-19(12-14-24)22-17-20-7-5-15-27-16-6-8-21(18-22)25(20)27/h2-4,9-14,17-18H,5-8,15-16H2,1H3. The molecular weight excluding hydrogens is 328 g/mol. The first-order chi connectivity index (χ1) is 13.3. The van der Waals surface area contributed by atoms with Crippen LogP contribution in [0.5, 0.6) is 0 Å². The summed E-state index contributed by atoms with van der Waals surface area (Å²) in [6.07, 6.45) is 5.02. The maximum atomic E-state index is 2.61. The van der Waals surface area contributed by atoms with Crippen molar-refractivity contribution in [2.75, 3.05) is 29.9 Å². The lowest BCUT2D eigenvalue weighted by atomic mass is 9.88. The zero-order valence-electron chi connectivity index (χ0n) is 16.0. The molecule has 2 heterocycles. The number of hydrogen-bond donors (Lipinski definition) is 0. The zero-order chi connectivity index (χ0) is 18.2. The zero-order valence-corrected chi connectivity index (χ0v) is 16.0. The molecule has 0 unspecified atom stereocenters. The normalized spacial score (nSPS) is 15.4. The molecule has 3 aromatic carbocycles. The van der Waals surface area contributed by atoms with Crippen molar-refractivity contribution in [2.24, 2.45) is 0 Å². The molecule has 0 bridgehead atoms. The number of nitrogens with zero attached hydrogens (tertiary/aromatic N) is 2. The highest BCUT2D eigenvalue weighted by Gasteiger charge is 2.24. The van der Waals surface area contributed by atoms with Gasteiger partial charge in [0.1, 0.15) is 0 Å². The van der Waals surface area contributed by atoms with E-state index in [1.165, 1.54) is 61.3 Å². The Labute approximate surface area is 162 Å². The van der Waals surface area contributed by atoms with E-state index in [1.807, 2.05) is 0 Å². The van der Waals surface area contributed by atoms with Crippen LogP contribution in [-0.4, -0.2) is 20.1 Å². The predicted molar refractivity (Wildman–Crippen MR) is 115 cm³/mol. The van der Waals surface area contributed by atoms with Gasteiger partial charge in [-0.25, -0.2) is 0 Å². The van der Waals surface area contributed by atoms with Gasteiger partial charge in [0.05, 0.1) is 0 Å².